The average Bonchev–Trinajstić information content (AvgIpc) is 2.99. The number of H-pyrrole nitrogens is 1. The van der Waals surface area contributed by atoms with Gasteiger partial charge in [0.1, 0.15) is 11.5 Å². The minimum atomic E-state index is -0.741. The van der Waals surface area contributed by atoms with Crippen LogP contribution in [0, 0.1) is 0 Å². The number of benzene rings is 2. The Bertz CT molecular complexity index is 829. The second-order valence-corrected chi connectivity index (χ2v) is 5.19. The minimum absolute atomic E-state index is 0.145. The van der Waals surface area contributed by atoms with Crippen molar-refractivity contribution in [3.63, 3.8) is 0 Å². The van der Waals surface area contributed by atoms with Gasteiger partial charge in [0.15, 0.2) is 0 Å². The first-order valence-electron chi connectivity index (χ1n) is 7.48. The van der Waals surface area contributed by atoms with E-state index in [1.54, 1.807) is 0 Å². The summed E-state index contributed by atoms with van der Waals surface area (Å²) in [4.78, 5) is 10.8. The number of anilines is 1. The molecule has 0 bridgehead atoms. The largest absolute Gasteiger partial charge is 0.457 e. The SMILES string of the molecule is O=c1[nH]nc(CC(O)CNc2cccc(Oc3ccccc3)c2)o1. The van der Waals surface area contributed by atoms with Crippen LogP contribution in [0.5, 0.6) is 11.5 Å². The van der Waals surface area contributed by atoms with Crippen molar-refractivity contribution in [1.29, 1.82) is 0 Å². The quantitative estimate of drug-likeness (QED) is 0.615. The summed E-state index contributed by atoms with van der Waals surface area (Å²) in [5.41, 5.74) is 0.811. The fourth-order valence-corrected chi connectivity index (χ4v) is 2.15. The Hall–Kier alpha value is -3.06. The summed E-state index contributed by atoms with van der Waals surface area (Å²) >= 11 is 0. The average molecular weight is 327 g/mol. The summed E-state index contributed by atoms with van der Waals surface area (Å²) in [7, 11) is 0. The van der Waals surface area contributed by atoms with E-state index in [1.165, 1.54) is 0 Å². The Morgan fingerprint density at radius 3 is 2.71 bits per heavy atom. The van der Waals surface area contributed by atoms with Crippen molar-refractivity contribution in [1.82, 2.24) is 10.2 Å². The monoisotopic (exact) mass is 327 g/mol. The van der Waals surface area contributed by atoms with E-state index < -0.39 is 11.9 Å². The lowest BCUT2D eigenvalue weighted by molar-refractivity contribution is 0.177. The van der Waals surface area contributed by atoms with Crippen LogP contribution in [0.4, 0.5) is 5.69 Å². The minimum Gasteiger partial charge on any atom is -0.457 e. The molecule has 124 valence electrons. The van der Waals surface area contributed by atoms with Gasteiger partial charge in [-0.3, -0.25) is 0 Å². The number of ether oxygens (including phenoxy) is 1. The van der Waals surface area contributed by atoms with Crippen LogP contribution in [0.3, 0.4) is 0 Å². The molecule has 1 unspecified atom stereocenters. The Balaban J connectivity index is 1.55. The molecule has 3 N–H and O–H groups in total. The molecule has 0 radical (unpaired) electrons. The van der Waals surface area contributed by atoms with Gasteiger partial charge in [-0.2, -0.15) is 0 Å². The maximum Gasteiger partial charge on any atom is 0.434 e. The molecule has 1 aromatic heterocycles. The van der Waals surface area contributed by atoms with Gasteiger partial charge in [-0.15, -0.1) is 5.10 Å². The summed E-state index contributed by atoms with van der Waals surface area (Å²) in [5, 5.41) is 18.9. The van der Waals surface area contributed by atoms with Gasteiger partial charge in [0, 0.05) is 18.3 Å². The standard InChI is InChI=1S/C17H17N3O4/c21-13(10-16-19-20-17(22)24-16)11-18-12-5-4-8-15(9-12)23-14-6-2-1-3-7-14/h1-9,13,18,21H,10-11H2,(H,20,22). The van der Waals surface area contributed by atoms with E-state index >= 15 is 0 Å². The first-order valence-corrected chi connectivity index (χ1v) is 7.48. The Labute approximate surface area is 137 Å². The highest BCUT2D eigenvalue weighted by atomic mass is 16.5. The number of aliphatic hydroxyl groups is 1. The van der Waals surface area contributed by atoms with E-state index in [9.17, 15) is 9.90 Å². The van der Waals surface area contributed by atoms with E-state index in [1.807, 2.05) is 54.6 Å². The van der Waals surface area contributed by atoms with Crippen LogP contribution >= 0.6 is 0 Å². The van der Waals surface area contributed by atoms with E-state index in [4.69, 9.17) is 9.15 Å². The Kier molecular flexibility index (Phi) is 4.93. The van der Waals surface area contributed by atoms with Gasteiger partial charge in [0.2, 0.25) is 5.89 Å². The number of nitrogens with one attached hydrogen (secondary N) is 2. The molecule has 2 aromatic carbocycles. The van der Waals surface area contributed by atoms with Crippen LogP contribution in [-0.4, -0.2) is 28.0 Å². The summed E-state index contributed by atoms with van der Waals surface area (Å²) < 4.78 is 10.5. The zero-order chi connectivity index (χ0) is 16.8. The molecular formula is C17H17N3O4. The third kappa shape index (κ3) is 4.47. The van der Waals surface area contributed by atoms with Crippen LogP contribution in [0.2, 0.25) is 0 Å². The highest BCUT2D eigenvalue weighted by Crippen LogP contribution is 2.23. The number of hydrogen-bond acceptors (Lipinski definition) is 6. The zero-order valence-electron chi connectivity index (χ0n) is 12.8. The second kappa shape index (κ2) is 7.47. The molecule has 3 rings (SSSR count). The summed E-state index contributed by atoms with van der Waals surface area (Å²) in [6, 6.07) is 16.9. The third-order valence-electron chi connectivity index (χ3n) is 3.25. The molecule has 0 spiro atoms. The fraction of sp³-hybridized carbons (Fsp3) is 0.176. The topological polar surface area (TPSA) is 100 Å². The van der Waals surface area contributed by atoms with Gasteiger partial charge in [0.05, 0.1) is 12.5 Å². The number of aromatic nitrogens is 2. The van der Waals surface area contributed by atoms with Gasteiger partial charge >= 0.3 is 5.76 Å². The van der Waals surface area contributed by atoms with Crippen LogP contribution in [0.25, 0.3) is 0 Å². The highest BCUT2D eigenvalue weighted by Gasteiger charge is 2.10. The van der Waals surface area contributed by atoms with Gasteiger partial charge in [-0.25, -0.2) is 9.89 Å². The van der Waals surface area contributed by atoms with E-state index in [0.717, 1.165) is 11.4 Å². The van der Waals surface area contributed by atoms with Crippen molar-refractivity contribution in [2.75, 3.05) is 11.9 Å². The number of para-hydroxylation sites is 1. The van der Waals surface area contributed by atoms with Crippen molar-refractivity contribution in [3.05, 3.63) is 71.0 Å². The summed E-state index contributed by atoms with van der Waals surface area (Å²) in [5.74, 6) is 0.994. The number of rotatable bonds is 7. The zero-order valence-corrected chi connectivity index (χ0v) is 12.8. The van der Waals surface area contributed by atoms with E-state index in [2.05, 4.69) is 15.5 Å². The van der Waals surface area contributed by atoms with Gasteiger partial charge in [0.25, 0.3) is 0 Å². The van der Waals surface area contributed by atoms with Gasteiger partial charge in [-0.1, -0.05) is 24.3 Å². The molecule has 0 fully saturated rings. The second-order valence-electron chi connectivity index (χ2n) is 5.19. The predicted molar refractivity (Wildman–Crippen MR) is 88.3 cm³/mol. The molecule has 1 heterocycles. The Morgan fingerprint density at radius 2 is 1.96 bits per heavy atom. The molecule has 0 saturated heterocycles. The summed E-state index contributed by atoms with van der Waals surface area (Å²) in [6.45, 7) is 0.283. The third-order valence-corrected chi connectivity index (χ3v) is 3.25. The molecule has 24 heavy (non-hydrogen) atoms. The van der Waals surface area contributed by atoms with Crippen molar-refractivity contribution in [3.8, 4) is 11.5 Å². The number of aliphatic hydroxyl groups excluding tert-OH is 1. The van der Waals surface area contributed by atoms with Gasteiger partial charge < -0.3 is 19.6 Å². The molecule has 0 aliphatic carbocycles. The fourth-order valence-electron chi connectivity index (χ4n) is 2.15. The Morgan fingerprint density at radius 1 is 1.17 bits per heavy atom. The first kappa shape index (κ1) is 15.8. The van der Waals surface area contributed by atoms with Crippen molar-refractivity contribution in [2.24, 2.45) is 0 Å². The molecule has 1 atom stereocenters. The molecule has 0 saturated carbocycles. The van der Waals surface area contributed by atoms with E-state index in [0.29, 0.717) is 5.75 Å². The van der Waals surface area contributed by atoms with Crippen molar-refractivity contribution in [2.45, 2.75) is 12.5 Å². The van der Waals surface area contributed by atoms with Crippen LogP contribution < -0.4 is 15.8 Å². The highest BCUT2D eigenvalue weighted by molar-refractivity contribution is 5.49. The molecule has 0 amide bonds. The van der Waals surface area contributed by atoms with Crippen molar-refractivity contribution >= 4 is 5.69 Å². The maximum absolute atomic E-state index is 10.8. The van der Waals surface area contributed by atoms with Crippen molar-refractivity contribution < 1.29 is 14.3 Å². The van der Waals surface area contributed by atoms with Crippen LogP contribution in [0.1, 0.15) is 5.89 Å². The lowest BCUT2D eigenvalue weighted by Gasteiger charge is -2.12. The summed E-state index contributed by atoms with van der Waals surface area (Å²) in [6.07, 6.45) is -0.596. The van der Waals surface area contributed by atoms with E-state index in [-0.39, 0.29) is 18.9 Å². The van der Waals surface area contributed by atoms with Crippen LogP contribution in [0.15, 0.2) is 63.8 Å². The molecular weight excluding hydrogens is 310 g/mol. The number of hydrogen-bond donors (Lipinski definition) is 3. The molecule has 0 aliphatic rings. The molecule has 7 heteroatoms. The lowest BCUT2D eigenvalue weighted by Crippen LogP contribution is -2.22. The number of nitrogens with zero attached hydrogens (tertiary/aromatic N) is 1. The first-order chi connectivity index (χ1) is 11.7. The number of aromatic amines is 1. The van der Waals surface area contributed by atoms with Gasteiger partial charge in [-0.05, 0) is 24.3 Å². The molecule has 0 aliphatic heterocycles. The predicted octanol–water partition coefficient (Wildman–Crippen LogP) is 2.17. The molecule has 7 nitrogen and oxygen atoms in total. The maximum atomic E-state index is 10.8. The lowest BCUT2D eigenvalue weighted by atomic mass is 10.2. The normalized spacial score (nSPS) is 11.9. The smallest absolute Gasteiger partial charge is 0.434 e. The van der Waals surface area contributed by atoms with Crippen LogP contribution in [-0.2, 0) is 6.42 Å². The molecule has 3 aromatic rings.